The van der Waals surface area contributed by atoms with Gasteiger partial charge in [0.25, 0.3) is 5.91 Å². The van der Waals surface area contributed by atoms with Crippen LogP contribution in [0.25, 0.3) is 0 Å². The van der Waals surface area contributed by atoms with Crippen molar-refractivity contribution in [3.8, 4) is 0 Å². The Balaban J connectivity index is 1.28. The zero-order chi connectivity index (χ0) is 19.9. The number of ether oxygens (including phenoxy) is 1. The second-order valence-electron chi connectivity index (χ2n) is 7.94. The van der Waals surface area contributed by atoms with E-state index in [0.717, 1.165) is 76.5 Å². The molecule has 1 amide bonds. The molecule has 2 aromatic carbocycles. The lowest BCUT2D eigenvalue weighted by atomic mass is 10.0. The highest BCUT2D eigenvalue weighted by atomic mass is 16.5. The van der Waals surface area contributed by atoms with Gasteiger partial charge in [-0.15, -0.1) is 0 Å². The van der Waals surface area contributed by atoms with Crippen molar-refractivity contribution in [3.63, 3.8) is 0 Å². The highest BCUT2D eigenvalue weighted by Crippen LogP contribution is 2.22. The standard InChI is InChI=1S/C24H31N3O2/c28-24(22-8-4-5-9-23(22)27-16-18-29-19-17-27)25-21-11-14-26(15-12-21)13-10-20-6-2-1-3-7-20/h1-9,21H,10-19H2,(H,25,28). The second kappa shape index (κ2) is 9.90. The van der Waals surface area contributed by atoms with Crippen molar-refractivity contribution in [2.75, 3.05) is 50.8 Å². The number of para-hydroxylation sites is 1. The van der Waals surface area contributed by atoms with Gasteiger partial charge in [-0.3, -0.25) is 4.79 Å². The van der Waals surface area contributed by atoms with Gasteiger partial charge in [-0.2, -0.15) is 0 Å². The van der Waals surface area contributed by atoms with Crippen molar-refractivity contribution < 1.29 is 9.53 Å². The van der Waals surface area contributed by atoms with Crippen LogP contribution in [-0.4, -0.2) is 62.8 Å². The van der Waals surface area contributed by atoms with Crippen LogP contribution >= 0.6 is 0 Å². The van der Waals surface area contributed by atoms with Crippen molar-refractivity contribution in [1.29, 1.82) is 0 Å². The minimum Gasteiger partial charge on any atom is -0.378 e. The molecule has 0 bridgehead atoms. The average Bonchev–Trinajstić information content (AvgIpc) is 2.80. The number of hydrogen-bond donors (Lipinski definition) is 1. The fraction of sp³-hybridized carbons (Fsp3) is 0.458. The molecule has 5 heteroatoms. The Morgan fingerprint density at radius 3 is 2.38 bits per heavy atom. The Morgan fingerprint density at radius 2 is 1.62 bits per heavy atom. The number of carbonyl (C=O) groups is 1. The van der Waals surface area contributed by atoms with Crippen LogP contribution in [0.1, 0.15) is 28.8 Å². The zero-order valence-electron chi connectivity index (χ0n) is 17.1. The number of rotatable bonds is 6. The topological polar surface area (TPSA) is 44.8 Å². The van der Waals surface area contributed by atoms with Crippen LogP contribution in [0.4, 0.5) is 5.69 Å². The van der Waals surface area contributed by atoms with Crippen molar-refractivity contribution >= 4 is 11.6 Å². The molecule has 29 heavy (non-hydrogen) atoms. The monoisotopic (exact) mass is 393 g/mol. The van der Waals surface area contributed by atoms with Gasteiger partial charge in [0.05, 0.1) is 18.8 Å². The Hall–Kier alpha value is -2.37. The summed E-state index contributed by atoms with van der Waals surface area (Å²) in [6.07, 6.45) is 3.12. The third-order valence-electron chi connectivity index (χ3n) is 5.98. The molecule has 4 rings (SSSR count). The minimum absolute atomic E-state index is 0.0508. The predicted octanol–water partition coefficient (Wildman–Crippen LogP) is 2.96. The number of morpholine rings is 1. The molecule has 0 radical (unpaired) electrons. The number of carbonyl (C=O) groups excluding carboxylic acids is 1. The van der Waals surface area contributed by atoms with Crippen molar-refractivity contribution in [3.05, 3.63) is 65.7 Å². The summed E-state index contributed by atoms with van der Waals surface area (Å²) in [5.74, 6) is 0.0508. The van der Waals surface area contributed by atoms with E-state index < -0.39 is 0 Å². The molecule has 0 aliphatic carbocycles. The van der Waals surface area contributed by atoms with Gasteiger partial charge in [-0.1, -0.05) is 42.5 Å². The Morgan fingerprint density at radius 1 is 0.931 bits per heavy atom. The molecule has 0 unspecified atom stereocenters. The van der Waals surface area contributed by atoms with Crippen LogP contribution < -0.4 is 10.2 Å². The van der Waals surface area contributed by atoms with Crippen molar-refractivity contribution in [1.82, 2.24) is 10.2 Å². The maximum atomic E-state index is 13.0. The lowest BCUT2D eigenvalue weighted by molar-refractivity contribution is 0.0910. The van der Waals surface area contributed by atoms with E-state index >= 15 is 0 Å². The van der Waals surface area contributed by atoms with Crippen LogP contribution in [-0.2, 0) is 11.2 Å². The van der Waals surface area contributed by atoms with E-state index in [1.165, 1.54) is 5.56 Å². The van der Waals surface area contributed by atoms with Gasteiger partial charge in [0.15, 0.2) is 0 Å². The number of hydrogen-bond acceptors (Lipinski definition) is 4. The number of nitrogens with zero attached hydrogens (tertiary/aromatic N) is 2. The quantitative estimate of drug-likeness (QED) is 0.820. The normalized spacial score (nSPS) is 18.6. The number of amides is 1. The molecule has 2 saturated heterocycles. The van der Waals surface area contributed by atoms with E-state index in [4.69, 9.17) is 4.74 Å². The van der Waals surface area contributed by atoms with Gasteiger partial charge in [0.2, 0.25) is 0 Å². The van der Waals surface area contributed by atoms with E-state index in [0.29, 0.717) is 0 Å². The van der Waals surface area contributed by atoms with Gasteiger partial charge < -0.3 is 19.9 Å². The van der Waals surface area contributed by atoms with E-state index in [1.807, 2.05) is 24.3 Å². The molecule has 1 N–H and O–H groups in total. The molecule has 0 atom stereocenters. The highest BCUT2D eigenvalue weighted by molar-refractivity contribution is 6.00. The second-order valence-corrected chi connectivity index (χ2v) is 7.94. The average molecular weight is 394 g/mol. The Labute approximate surface area is 173 Å². The largest absolute Gasteiger partial charge is 0.378 e. The van der Waals surface area contributed by atoms with E-state index in [2.05, 4.69) is 45.4 Å². The van der Waals surface area contributed by atoms with Gasteiger partial charge in [0, 0.05) is 44.5 Å². The SMILES string of the molecule is O=C(NC1CCN(CCc2ccccc2)CC1)c1ccccc1N1CCOCC1. The molecule has 2 heterocycles. The first-order chi connectivity index (χ1) is 14.3. The first kappa shape index (κ1) is 19.9. The highest BCUT2D eigenvalue weighted by Gasteiger charge is 2.23. The van der Waals surface area contributed by atoms with Crippen LogP contribution in [0, 0.1) is 0 Å². The van der Waals surface area contributed by atoms with Gasteiger partial charge in [-0.25, -0.2) is 0 Å². The third-order valence-corrected chi connectivity index (χ3v) is 5.98. The first-order valence-corrected chi connectivity index (χ1v) is 10.8. The summed E-state index contributed by atoms with van der Waals surface area (Å²) >= 11 is 0. The molecular formula is C24H31N3O2. The van der Waals surface area contributed by atoms with Crippen molar-refractivity contribution in [2.45, 2.75) is 25.3 Å². The van der Waals surface area contributed by atoms with Gasteiger partial charge in [-0.05, 0) is 37.0 Å². The Bertz CT molecular complexity index is 782. The van der Waals surface area contributed by atoms with Crippen LogP contribution in [0.15, 0.2) is 54.6 Å². The summed E-state index contributed by atoms with van der Waals surface area (Å²) in [4.78, 5) is 17.8. The molecule has 2 aromatic rings. The van der Waals surface area contributed by atoms with E-state index in [-0.39, 0.29) is 11.9 Å². The Kier molecular flexibility index (Phi) is 6.80. The molecule has 0 spiro atoms. The lowest BCUT2D eigenvalue weighted by Crippen LogP contribution is -2.45. The van der Waals surface area contributed by atoms with E-state index in [9.17, 15) is 4.79 Å². The number of benzene rings is 2. The fourth-order valence-corrected chi connectivity index (χ4v) is 4.24. The molecule has 5 nitrogen and oxygen atoms in total. The molecule has 0 saturated carbocycles. The number of anilines is 1. The molecule has 0 aromatic heterocycles. The summed E-state index contributed by atoms with van der Waals surface area (Å²) < 4.78 is 5.45. The smallest absolute Gasteiger partial charge is 0.253 e. The van der Waals surface area contributed by atoms with Crippen LogP contribution in [0.2, 0.25) is 0 Å². The summed E-state index contributed by atoms with van der Waals surface area (Å²) in [7, 11) is 0. The number of nitrogens with one attached hydrogen (secondary N) is 1. The predicted molar refractivity (Wildman–Crippen MR) is 117 cm³/mol. The zero-order valence-corrected chi connectivity index (χ0v) is 17.1. The van der Waals surface area contributed by atoms with Gasteiger partial charge in [0.1, 0.15) is 0 Å². The lowest BCUT2D eigenvalue weighted by Gasteiger charge is -2.33. The number of piperidine rings is 1. The summed E-state index contributed by atoms with van der Waals surface area (Å²) in [6, 6.07) is 18.9. The molecule has 2 aliphatic heterocycles. The maximum Gasteiger partial charge on any atom is 0.253 e. The van der Waals surface area contributed by atoms with Crippen molar-refractivity contribution in [2.24, 2.45) is 0 Å². The molecule has 154 valence electrons. The summed E-state index contributed by atoms with van der Waals surface area (Å²) in [5, 5.41) is 3.29. The number of likely N-dealkylation sites (tertiary alicyclic amines) is 1. The molecule has 2 fully saturated rings. The first-order valence-electron chi connectivity index (χ1n) is 10.8. The maximum absolute atomic E-state index is 13.0. The van der Waals surface area contributed by atoms with Crippen LogP contribution in [0.5, 0.6) is 0 Å². The minimum atomic E-state index is 0.0508. The summed E-state index contributed by atoms with van der Waals surface area (Å²) in [6.45, 7) is 6.29. The third kappa shape index (κ3) is 5.37. The summed E-state index contributed by atoms with van der Waals surface area (Å²) in [5.41, 5.74) is 3.19. The van der Waals surface area contributed by atoms with Crippen LogP contribution in [0.3, 0.4) is 0 Å². The fourth-order valence-electron chi connectivity index (χ4n) is 4.24. The molecular weight excluding hydrogens is 362 g/mol. The molecule has 2 aliphatic rings. The van der Waals surface area contributed by atoms with E-state index in [1.54, 1.807) is 0 Å². The van der Waals surface area contributed by atoms with Gasteiger partial charge >= 0.3 is 0 Å².